The second-order valence-electron chi connectivity index (χ2n) is 6.59. The summed E-state index contributed by atoms with van der Waals surface area (Å²) in [5.74, 6) is 0.804. The van der Waals surface area contributed by atoms with Gasteiger partial charge in [-0.15, -0.1) is 0 Å². The Morgan fingerprint density at radius 2 is 1.91 bits per heavy atom. The average molecular weight is 300 g/mol. The molecule has 1 aromatic carbocycles. The normalized spacial score (nSPS) is 19.7. The molecule has 1 aromatic rings. The lowest BCUT2D eigenvalue weighted by molar-refractivity contribution is 0.247. The zero-order chi connectivity index (χ0) is 15.5. The van der Waals surface area contributed by atoms with Crippen molar-refractivity contribution in [2.75, 3.05) is 6.61 Å². The molecule has 0 spiro atoms. The van der Waals surface area contributed by atoms with Crippen molar-refractivity contribution < 1.29 is 4.74 Å². The molecule has 1 nitrogen and oxygen atoms in total. The molecule has 1 aliphatic carbocycles. The molecule has 1 fully saturated rings. The first kappa shape index (κ1) is 17.1. The molecule has 122 valence electrons. The molecule has 0 saturated heterocycles. The summed E-state index contributed by atoms with van der Waals surface area (Å²) in [6, 6.07) is 10.6. The predicted molar refractivity (Wildman–Crippen MR) is 94.9 cm³/mol. The summed E-state index contributed by atoms with van der Waals surface area (Å²) in [6.07, 6.45) is 15.4. The predicted octanol–water partition coefficient (Wildman–Crippen LogP) is 6.29. The molecular weight excluding hydrogens is 268 g/mol. The summed E-state index contributed by atoms with van der Waals surface area (Å²) in [6.45, 7) is 3.08. The highest BCUT2D eigenvalue weighted by Gasteiger charge is 2.20. The third kappa shape index (κ3) is 6.25. The van der Waals surface area contributed by atoms with E-state index >= 15 is 0 Å². The first-order valence-corrected chi connectivity index (χ1v) is 9.24. The smallest absolute Gasteiger partial charge is 0.0913 e. The van der Waals surface area contributed by atoms with E-state index < -0.39 is 0 Å². The average Bonchev–Trinajstić information content (AvgIpc) is 3.00. The van der Waals surface area contributed by atoms with Crippen LogP contribution in [-0.2, 0) is 11.2 Å². The zero-order valence-corrected chi connectivity index (χ0v) is 14.2. The van der Waals surface area contributed by atoms with Gasteiger partial charge in [-0.25, -0.2) is 0 Å². The molecule has 1 heteroatoms. The number of benzene rings is 1. The maximum atomic E-state index is 5.83. The molecule has 0 radical (unpaired) electrons. The van der Waals surface area contributed by atoms with Crippen molar-refractivity contribution in [2.24, 2.45) is 5.92 Å². The van der Waals surface area contributed by atoms with E-state index in [0.29, 0.717) is 0 Å². The fraction of sp³-hybridized carbons (Fsp3) is 0.619. The maximum absolute atomic E-state index is 5.83. The molecular formula is C21H32O. The van der Waals surface area contributed by atoms with E-state index in [2.05, 4.69) is 43.5 Å². The quantitative estimate of drug-likeness (QED) is 0.364. The minimum Gasteiger partial charge on any atom is -0.501 e. The third-order valence-corrected chi connectivity index (χ3v) is 4.78. The van der Waals surface area contributed by atoms with Crippen molar-refractivity contribution in [1.29, 1.82) is 0 Å². The van der Waals surface area contributed by atoms with Crippen molar-refractivity contribution >= 4 is 0 Å². The Kier molecular flexibility index (Phi) is 8.15. The molecule has 0 heterocycles. The van der Waals surface area contributed by atoms with Crippen LogP contribution in [-0.4, -0.2) is 6.61 Å². The fourth-order valence-corrected chi connectivity index (χ4v) is 3.41. The Morgan fingerprint density at radius 1 is 1.09 bits per heavy atom. The van der Waals surface area contributed by atoms with E-state index in [-0.39, 0.29) is 0 Å². The summed E-state index contributed by atoms with van der Waals surface area (Å²) in [4.78, 5) is 0. The van der Waals surface area contributed by atoms with E-state index in [1.807, 2.05) is 0 Å². The highest BCUT2D eigenvalue weighted by molar-refractivity contribution is 5.14. The van der Waals surface area contributed by atoms with Gasteiger partial charge >= 0.3 is 0 Å². The summed E-state index contributed by atoms with van der Waals surface area (Å²) in [5, 5.41) is 0. The van der Waals surface area contributed by atoms with Gasteiger partial charge in [-0.3, -0.25) is 0 Å². The number of unbranched alkanes of at least 4 members (excludes halogenated alkanes) is 4. The van der Waals surface area contributed by atoms with Crippen molar-refractivity contribution in [1.82, 2.24) is 0 Å². The largest absolute Gasteiger partial charge is 0.501 e. The van der Waals surface area contributed by atoms with Crippen LogP contribution in [0.1, 0.15) is 70.3 Å². The lowest BCUT2D eigenvalue weighted by atomic mass is 9.96. The van der Waals surface area contributed by atoms with Gasteiger partial charge in [-0.1, -0.05) is 69.4 Å². The highest BCUT2D eigenvalue weighted by atomic mass is 16.5. The standard InChI is InChI=1S/C21H32O/c1-2-3-4-5-9-13-20-14-10-15-21(20)18-22-17-16-19-11-7-6-8-12-19/h6-8,11-12,18,20H,2-5,9-10,13-17H2,1H3. The SMILES string of the molecule is CCCCCCCC1CCCC1=COCCc1ccccc1. The number of allylic oxidation sites excluding steroid dienone is 1. The minimum absolute atomic E-state index is 0.802. The molecule has 0 aromatic heterocycles. The summed E-state index contributed by atoms with van der Waals surface area (Å²) in [5.41, 5.74) is 2.93. The second kappa shape index (κ2) is 10.5. The van der Waals surface area contributed by atoms with Crippen molar-refractivity contribution in [3.05, 3.63) is 47.7 Å². The molecule has 1 aliphatic rings. The van der Waals surface area contributed by atoms with Gasteiger partial charge in [-0.05, 0) is 42.7 Å². The Hall–Kier alpha value is -1.24. The van der Waals surface area contributed by atoms with Crippen LogP contribution in [0.25, 0.3) is 0 Å². The van der Waals surface area contributed by atoms with Crippen molar-refractivity contribution in [3.8, 4) is 0 Å². The topological polar surface area (TPSA) is 9.23 Å². The lowest BCUT2D eigenvalue weighted by Crippen LogP contribution is -1.99. The number of hydrogen-bond acceptors (Lipinski definition) is 1. The van der Waals surface area contributed by atoms with E-state index in [0.717, 1.165) is 18.9 Å². The molecule has 0 aliphatic heterocycles. The number of ether oxygens (including phenoxy) is 1. The zero-order valence-electron chi connectivity index (χ0n) is 14.2. The highest BCUT2D eigenvalue weighted by Crippen LogP contribution is 2.34. The molecule has 0 N–H and O–H groups in total. The summed E-state index contributed by atoms with van der Waals surface area (Å²) in [7, 11) is 0. The van der Waals surface area contributed by atoms with Crippen LogP contribution in [0.2, 0.25) is 0 Å². The molecule has 0 bridgehead atoms. The van der Waals surface area contributed by atoms with Gasteiger partial charge in [0.1, 0.15) is 0 Å². The van der Waals surface area contributed by atoms with Gasteiger partial charge in [-0.2, -0.15) is 0 Å². The van der Waals surface area contributed by atoms with Crippen molar-refractivity contribution in [2.45, 2.75) is 71.1 Å². The molecule has 0 amide bonds. The molecule has 22 heavy (non-hydrogen) atoms. The van der Waals surface area contributed by atoms with Crippen LogP contribution >= 0.6 is 0 Å². The first-order valence-electron chi connectivity index (χ1n) is 9.24. The van der Waals surface area contributed by atoms with Crippen LogP contribution in [0.4, 0.5) is 0 Å². The number of rotatable bonds is 10. The van der Waals surface area contributed by atoms with Gasteiger partial charge in [0.2, 0.25) is 0 Å². The molecule has 1 saturated carbocycles. The number of hydrogen-bond donors (Lipinski definition) is 0. The summed E-state index contributed by atoms with van der Waals surface area (Å²) >= 11 is 0. The van der Waals surface area contributed by atoms with Gasteiger partial charge < -0.3 is 4.74 Å². The van der Waals surface area contributed by atoms with Crippen LogP contribution < -0.4 is 0 Å². The third-order valence-electron chi connectivity index (χ3n) is 4.78. The Balaban J connectivity index is 1.64. The van der Waals surface area contributed by atoms with Crippen LogP contribution in [0.5, 0.6) is 0 Å². The molecule has 1 atom stereocenters. The summed E-state index contributed by atoms with van der Waals surface area (Å²) < 4.78 is 5.83. The Labute approximate surface area is 136 Å². The Morgan fingerprint density at radius 3 is 2.73 bits per heavy atom. The maximum Gasteiger partial charge on any atom is 0.0913 e. The molecule has 2 rings (SSSR count). The van der Waals surface area contributed by atoms with E-state index in [4.69, 9.17) is 4.74 Å². The van der Waals surface area contributed by atoms with Crippen LogP contribution in [0, 0.1) is 5.92 Å². The van der Waals surface area contributed by atoms with E-state index in [1.54, 1.807) is 5.57 Å². The second-order valence-corrected chi connectivity index (χ2v) is 6.59. The van der Waals surface area contributed by atoms with Crippen LogP contribution in [0.3, 0.4) is 0 Å². The van der Waals surface area contributed by atoms with Gasteiger partial charge in [0.25, 0.3) is 0 Å². The van der Waals surface area contributed by atoms with Gasteiger partial charge in [0.15, 0.2) is 0 Å². The van der Waals surface area contributed by atoms with Crippen LogP contribution in [0.15, 0.2) is 42.2 Å². The lowest BCUT2D eigenvalue weighted by Gasteiger charge is -2.12. The Bertz CT molecular complexity index is 421. The monoisotopic (exact) mass is 300 g/mol. The van der Waals surface area contributed by atoms with Gasteiger partial charge in [0.05, 0.1) is 12.9 Å². The van der Waals surface area contributed by atoms with E-state index in [9.17, 15) is 0 Å². The first-order chi connectivity index (χ1) is 10.9. The van der Waals surface area contributed by atoms with E-state index in [1.165, 1.54) is 63.4 Å². The van der Waals surface area contributed by atoms with Gasteiger partial charge in [0, 0.05) is 6.42 Å². The fourth-order valence-electron chi connectivity index (χ4n) is 3.41. The molecule has 1 unspecified atom stereocenters. The minimum atomic E-state index is 0.802. The van der Waals surface area contributed by atoms with Crippen molar-refractivity contribution in [3.63, 3.8) is 0 Å².